The van der Waals surface area contributed by atoms with E-state index >= 15 is 0 Å². The van der Waals surface area contributed by atoms with Crippen LogP contribution in [0.2, 0.25) is 0 Å². The van der Waals surface area contributed by atoms with E-state index in [1.807, 2.05) is 11.8 Å². The van der Waals surface area contributed by atoms with E-state index in [2.05, 4.69) is 18.7 Å². The molecule has 106 valence electrons. The van der Waals surface area contributed by atoms with E-state index in [0.717, 1.165) is 25.3 Å². The second-order valence-electron chi connectivity index (χ2n) is 5.46. The summed E-state index contributed by atoms with van der Waals surface area (Å²) in [5.41, 5.74) is 6.68. The van der Waals surface area contributed by atoms with Crippen molar-refractivity contribution in [3.63, 3.8) is 0 Å². The molecule has 1 saturated heterocycles. The zero-order chi connectivity index (χ0) is 14.0. The lowest BCUT2D eigenvalue weighted by Gasteiger charge is -2.26. The van der Waals surface area contributed by atoms with Crippen molar-refractivity contribution in [2.75, 3.05) is 29.5 Å². The van der Waals surface area contributed by atoms with Crippen LogP contribution in [0.3, 0.4) is 0 Å². The predicted octanol–water partition coefficient (Wildman–Crippen LogP) is 3.93. The molecule has 1 aromatic rings. The van der Waals surface area contributed by atoms with E-state index < -0.39 is 6.43 Å². The maximum atomic E-state index is 13.1. The number of nitrogen functional groups attached to an aromatic ring is 1. The van der Waals surface area contributed by atoms with Gasteiger partial charge in [-0.1, -0.05) is 13.8 Å². The van der Waals surface area contributed by atoms with Crippen LogP contribution in [-0.2, 0) is 0 Å². The Balaban J connectivity index is 2.26. The molecule has 0 aromatic heterocycles. The Morgan fingerprint density at radius 2 is 2.05 bits per heavy atom. The van der Waals surface area contributed by atoms with Crippen LogP contribution >= 0.6 is 11.8 Å². The highest BCUT2D eigenvalue weighted by atomic mass is 32.2. The van der Waals surface area contributed by atoms with Crippen molar-refractivity contribution in [3.8, 4) is 0 Å². The minimum absolute atomic E-state index is 0.0460. The van der Waals surface area contributed by atoms with Crippen LogP contribution in [0.4, 0.5) is 20.2 Å². The zero-order valence-electron chi connectivity index (χ0n) is 11.3. The number of hydrogen-bond acceptors (Lipinski definition) is 3. The molecule has 0 amide bonds. The predicted molar refractivity (Wildman–Crippen MR) is 79.2 cm³/mol. The number of alkyl halides is 2. The summed E-state index contributed by atoms with van der Waals surface area (Å²) in [6, 6.07) is 4.81. The summed E-state index contributed by atoms with van der Waals surface area (Å²) in [4.78, 5) is 2.06. The second kappa shape index (κ2) is 5.57. The van der Waals surface area contributed by atoms with Gasteiger partial charge in [-0.25, -0.2) is 8.78 Å². The van der Waals surface area contributed by atoms with Gasteiger partial charge in [0.15, 0.2) is 0 Å². The maximum absolute atomic E-state index is 13.1. The summed E-state index contributed by atoms with van der Waals surface area (Å²) in [5.74, 6) is 0.958. The molecule has 0 bridgehead atoms. The van der Waals surface area contributed by atoms with Crippen molar-refractivity contribution in [1.82, 2.24) is 0 Å². The van der Waals surface area contributed by atoms with Gasteiger partial charge in [0.05, 0.1) is 0 Å². The largest absolute Gasteiger partial charge is 0.399 e. The second-order valence-corrected chi connectivity index (χ2v) is 7.27. The Morgan fingerprint density at radius 1 is 1.32 bits per heavy atom. The summed E-state index contributed by atoms with van der Waals surface area (Å²) in [7, 11) is 0. The molecule has 0 spiro atoms. The summed E-state index contributed by atoms with van der Waals surface area (Å²) in [5, 5.41) is 0. The van der Waals surface area contributed by atoms with Crippen molar-refractivity contribution in [3.05, 3.63) is 23.8 Å². The standard InChI is InChI=1S/C14H20F2N2S/c1-14(2)5-6-18(7-8-19-14)12-4-3-10(17)9-11(12)13(15)16/h3-4,9,13H,5-8,17H2,1-2H3. The van der Waals surface area contributed by atoms with Crippen LogP contribution in [0.5, 0.6) is 0 Å². The van der Waals surface area contributed by atoms with Gasteiger partial charge in [-0.3, -0.25) is 0 Å². The number of nitrogens with zero attached hydrogens (tertiary/aromatic N) is 1. The first-order valence-corrected chi connectivity index (χ1v) is 7.44. The lowest BCUT2D eigenvalue weighted by Crippen LogP contribution is -2.28. The number of benzene rings is 1. The van der Waals surface area contributed by atoms with E-state index in [9.17, 15) is 8.78 Å². The minimum atomic E-state index is -2.48. The first-order chi connectivity index (χ1) is 8.89. The summed E-state index contributed by atoms with van der Waals surface area (Å²) in [6.45, 7) is 6.03. The molecule has 0 atom stereocenters. The van der Waals surface area contributed by atoms with Gasteiger partial charge in [0, 0.05) is 40.5 Å². The van der Waals surface area contributed by atoms with Gasteiger partial charge >= 0.3 is 0 Å². The Bertz CT molecular complexity index is 449. The van der Waals surface area contributed by atoms with Gasteiger partial charge < -0.3 is 10.6 Å². The Hall–Kier alpha value is -0.970. The van der Waals surface area contributed by atoms with Crippen LogP contribution in [0.1, 0.15) is 32.3 Å². The molecule has 1 fully saturated rings. The molecule has 2 rings (SSSR count). The van der Waals surface area contributed by atoms with E-state index in [1.165, 1.54) is 6.07 Å². The average molecular weight is 286 g/mol. The lowest BCUT2D eigenvalue weighted by molar-refractivity contribution is 0.152. The molecule has 0 aliphatic carbocycles. The molecular formula is C14H20F2N2S. The third-order valence-corrected chi connectivity index (χ3v) is 4.84. The topological polar surface area (TPSA) is 29.3 Å². The first kappa shape index (κ1) is 14.4. The molecule has 2 N–H and O–H groups in total. The smallest absolute Gasteiger partial charge is 0.265 e. The normalized spacial score (nSPS) is 19.5. The molecule has 0 saturated carbocycles. The monoisotopic (exact) mass is 286 g/mol. The third kappa shape index (κ3) is 3.53. The Kier molecular flexibility index (Phi) is 4.23. The van der Waals surface area contributed by atoms with Gasteiger partial charge in [-0.15, -0.1) is 0 Å². The Labute approximate surface area is 117 Å². The van der Waals surface area contributed by atoms with Crippen molar-refractivity contribution in [2.24, 2.45) is 0 Å². The number of rotatable bonds is 2. The van der Waals surface area contributed by atoms with Crippen LogP contribution in [-0.4, -0.2) is 23.6 Å². The van der Waals surface area contributed by atoms with E-state index in [0.29, 0.717) is 11.4 Å². The number of halogens is 2. The van der Waals surface area contributed by atoms with Gasteiger partial charge in [0.2, 0.25) is 0 Å². The van der Waals surface area contributed by atoms with Crippen molar-refractivity contribution >= 4 is 23.1 Å². The number of nitrogens with two attached hydrogens (primary N) is 1. The average Bonchev–Trinajstić information content (AvgIpc) is 2.50. The van der Waals surface area contributed by atoms with Crippen molar-refractivity contribution in [2.45, 2.75) is 31.4 Å². The molecular weight excluding hydrogens is 266 g/mol. The first-order valence-electron chi connectivity index (χ1n) is 6.45. The molecule has 0 radical (unpaired) electrons. The Morgan fingerprint density at radius 3 is 2.74 bits per heavy atom. The van der Waals surface area contributed by atoms with E-state index in [1.54, 1.807) is 12.1 Å². The van der Waals surface area contributed by atoms with Crippen LogP contribution < -0.4 is 10.6 Å². The fraction of sp³-hybridized carbons (Fsp3) is 0.571. The minimum Gasteiger partial charge on any atom is -0.399 e. The van der Waals surface area contributed by atoms with Crippen LogP contribution in [0.25, 0.3) is 0 Å². The zero-order valence-corrected chi connectivity index (χ0v) is 12.1. The maximum Gasteiger partial charge on any atom is 0.265 e. The van der Waals surface area contributed by atoms with Gasteiger partial charge in [0.25, 0.3) is 6.43 Å². The van der Waals surface area contributed by atoms with Gasteiger partial charge in [0.1, 0.15) is 0 Å². The SMILES string of the molecule is CC1(C)CCN(c2ccc(N)cc2C(F)F)CCS1. The van der Waals surface area contributed by atoms with Gasteiger partial charge in [-0.2, -0.15) is 11.8 Å². The molecule has 5 heteroatoms. The third-order valence-electron chi connectivity index (χ3n) is 3.47. The van der Waals surface area contributed by atoms with E-state index in [4.69, 9.17) is 5.73 Å². The lowest BCUT2D eigenvalue weighted by atomic mass is 10.1. The molecule has 1 aliphatic heterocycles. The molecule has 1 heterocycles. The highest BCUT2D eigenvalue weighted by molar-refractivity contribution is 8.00. The number of thioether (sulfide) groups is 1. The number of anilines is 2. The van der Waals surface area contributed by atoms with Gasteiger partial charge in [-0.05, 0) is 24.6 Å². The van der Waals surface area contributed by atoms with Crippen LogP contribution in [0, 0.1) is 0 Å². The fourth-order valence-corrected chi connectivity index (χ4v) is 3.40. The molecule has 1 aromatic carbocycles. The molecule has 0 unspecified atom stereocenters. The summed E-state index contributed by atoms with van der Waals surface area (Å²) >= 11 is 1.90. The highest BCUT2D eigenvalue weighted by Gasteiger charge is 2.26. The highest BCUT2D eigenvalue weighted by Crippen LogP contribution is 2.36. The summed E-state index contributed by atoms with van der Waals surface area (Å²) < 4.78 is 26.5. The van der Waals surface area contributed by atoms with Crippen molar-refractivity contribution < 1.29 is 8.78 Å². The summed E-state index contributed by atoms with van der Waals surface area (Å²) in [6.07, 6.45) is -1.49. The molecule has 1 aliphatic rings. The van der Waals surface area contributed by atoms with E-state index in [-0.39, 0.29) is 10.3 Å². The quantitative estimate of drug-likeness (QED) is 0.835. The molecule has 2 nitrogen and oxygen atoms in total. The van der Waals surface area contributed by atoms with Crippen molar-refractivity contribution in [1.29, 1.82) is 0 Å². The molecule has 19 heavy (non-hydrogen) atoms. The fourth-order valence-electron chi connectivity index (χ4n) is 2.30. The number of hydrogen-bond donors (Lipinski definition) is 1. The van der Waals surface area contributed by atoms with Crippen LogP contribution in [0.15, 0.2) is 18.2 Å².